The molecule has 0 spiro atoms. The zero-order chi connectivity index (χ0) is 12.7. The van der Waals surface area contributed by atoms with Crippen molar-refractivity contribution in [3.63, 3.8) is 0 Å². The molecule has 0 N–H and O–H groups in total. The SMILES string of the molecule is CC.CC1CCC(=Cc2ccccc2P)CC1. The Labute approximate surface area is 109 Å². The fourth-order valence-electron chi connectivity index (χ4n) is 2.14. The highest BCUT2D eigenvalue weighted by Gasteiger charge is 2.11. The van der Waals surface area contributed by atoms with E-state index in [1.807, 2.05) is 13.8 Å². The summed E-state index contributed by atoms with van der Waals surface area (Å²) in [7, 11) is 2.81. The third-order valence-corrected chi connectivity index (χ3v) is 3.80. The second kappa shape index (κ2) is 7.67. The van der Waals surface area contributed by atoms with Gasteiger partial charge < -0.3 is 0 Å². The minimum atomic E-state index is 0.924. The molecule has 1 aliphatic rings. The van der Waals surface area contributed by atoms with Crippen LogP contribution < -0.4 is 5.30 Å². The lowest BCUT2D eigenvalue weighted by Gasteiger charge is -2.20. The van der Waals surface area contributed by atoms with Gasteiger partial charge in [0.1, 0.15) is 0 Å². The maximum absolute atomic E-state index is 2.81. The Hall–Kier alpha value is -0.610. The van der Waals surface area contributed by atoms with Crippen LogP contribution >= 0.6 is 9.24 Å². The van der Waals surface area contributed by atoms with Gasteiger partial charge in [-0.1, -0.05) is 56.7 Å². The van der Waals surface area contributed by atoms with E-state index >= 15 is 0 Å². The predicted octanol–water partition coefficient (Wildman–Crippen LogP) is 4.81. The van der Waals surface area contributed by atoms with Crippen molar-refractivity contribution in [1.29, 1.82) is 0 Å². The normalized spacial score (nSPS) is 19.3. The van der Waals surface area contributed by atoms with Gasteiger partial charge in [0.15, 0.2) is 0 Å². The lowest BCUT2D eigenvalue weighted by atomic mass is 9.86. The molecule has 1 aromatic carbocycles. The van der Waals surface area contributed by atoms with E-state index in [2.05, 4.69) is 46.5 Å². The fraction of sp³-hybridized carbons (Fsp3) is 0.500. The maximum Gasteiger partial charge on any atom is -0.0185 e. The highest BCUT2D eigenvalue weighted by Crippen LogP contribution is 2.28. The smallest absolute Gasteiger partial charge is 0.0185 e. The number of hydrogen-bond donors (Lipinski definition) is 0. The standard InChI is InChI=1S/C14H19P.C2H6/c1-11-6-8-12(9-7-11)10-13-4-2-3-5-14(13)15;1-2/h2-5,10-11H,6-9,15H2,1H3;1-2H3. The summed E-state index contributed by atoms with van der Waals surface area (Å²) in [5.41, 5.74) is 3.00. The predicted molar refractivity (Wildman–Crippen MR) is 82.7 cm³/mol. The maximum atomic E-state index is 2.81. The van der Waals surface area contributed by atoms with E-state index in [0.29, 0.717) is 0 Å². The quantitative estimate of drug-likeness (QED) is 0.626. The third kappa shape index (κ3) is 4.64. The molecule has 1 saturated carbocycles. The zero-order valence-corrected chi connectivity index (χ0v) is 12.5. The van der Waals surface area contributed by atoms with Crippen molar-refractivity contribution in [2.45, 2.75) is 46.5 Å². The second-order valence-corrected chi connectivity index (χ2v) is 5.24. The van der Waals surface area contributed by atoms with Crippen LogP contribution in [0.25, 0.3) is 6.08 Å². The Morgan fingerprint density at radius 3 is 2.29 bits per heavy atom. The minimum absolute atomic E-state index is 0.924. The van der Waals surface area contributed by atoms with Crippen molar-refractivity contribution in [2.75, 3.05) is 0 Å². The molecule has 1 heteroatoms. The van der Waals surface area contributed by atoms with Crippen LogP contribution in [0.15, 0.2) is 29.8 Å². The van der Waals surface area contributed by atoms with Gasteiger partial charge >= 0.3 is 0 Å². The average Bonchev–Trinajstić information content (AvgIpc) is 2.37. The molecule has 94 valence electrons. The molecule has 0 aliphatic heterocycles. The van der Waals surface area contributed by atoms with Crippen molar-refractivity contribution in [2.24, 2.45) is 5.92 Å². The Morgan fingerprint density at radius 2 is 1.71 bits per heavy atom. The van der Waals surface area contributed by atoms with Crippen LogP contribution in [0, 0.1) is 5.92 Å². The molecule has 0 radical (unpaired) electrons. The van der Waals surface area contributed by atoms with Crippen molar-refractivity contribution in [3.05, 3.63) is 35.4 Å². The van der Waals surface area contributed by atoms with Crippen molar-refractivity contribution in [3.8, 4) is 0 Å². The number of rotatable bonds is 1. The first kappa shape index (κ1) is 14.5. The van der Waals surface area contributed by atoms with E-state index < -0.39 is 0 Å². The van der Waals surface area contributed by atoms with E-state index in [1.54, 1.807) is 5.57 Å². The molecule has 0 bridgehead atoms. The van der Waals surface area contributed by atoms with Gasteiger partial charge in [-0.15, -0.1) is 9.24 Å². The van der Waals surface area contributed by atoms with Crippen molar-refractivity contribution >= 4 is 20.6 Å². The Morgan fingerprint density at radius 1 is 1.12 bits per heavy atom. The molecule has 1 aliphatic carbocycles. The highest BCUT2D eigenvalue weighted by atomic mass is 31.0. The van der Waals surface area contributed by atoms with Crippen LogP contribution in [0.4, 0.5) is 0 Å². The summed E-state index contributed by atoms with van der Waals surface area (Å²) in [4.78, 5) is 0. The number of benzene rings is 1. The summed E-state index contributed by atoms with van der Waals surface area (Å²) in [6.07, 6.45) is 7.70. The lowest BCUT2D eigenvalue weighted by molar-refractivity contribution is 0.446. The van der Waals surface area contributed by atoms with Gasteiger partial charge in [0.2, 0.25) is 0 Å². The molecule has 0 saturated heterocycles. The summed E-state index contributed by atoms with van der Waals surface area (Å²) < 4.78 is 0. The monoisotopic (exact) mass is 248 g/mol. The van der Waals surface area contributed by atoms with Crippen LogP contribution in [0.5, 0.6) is 0 Å². The van der Waals surface area contributed by atoms with Gasteiger partial charge in [-0.05, 0) is 42.5 Å². The first-order chi connectivity index (χ1) is 8.25. The van der Waals surface area contributed by atoms with E-state index in [4.69, 9.17) is 0 Å². The third-order valence-electron chi connectivity index (χ3n) is 3.27. The van der Waals surface area contributed by atoms with E-state index in [-0.39, 0.29) is 0 Å². The van der Waals surface area contributed by atoms with Gasteiger partial charge in [-0.3, -0.25) is 0 Å². The van der Waals surface area contributed by atoms with Crippen LogP contribution in [-0.2, 0) is 0 Å². The van der Waals surface area contributed by atoms with Gasteiger partial charge in [-0.2, -0.15) is 0 Å². The van der Waals surface area contributed by atoms with Gasteiger partial charge in [0, 0.05) is 0 Å². The largest absolute Gasteiger partial charge is 0.105 e. The summed E-state index contributed by atoms with van der Waals surface area (Å²) >= 11 is 0. The minimum Gasteiger partial charge on any atom is -0.105 e. The number of allylic oxidation sites excluding steroid dienone is 1. The lowest BCUT2D eigenvalue weighted by Crippen LogP contribution is -2.04. The van der Waals surface area contributed by atoms with Crippen LogP contribution in [0.2, 0.25) is 0 Å². The molecule has 1 unspecified atom stereocenters. The van der Waals surface area contributed by atoms with Crippen LogP contribution in [0.3, 0.4) is 0 Å². The van der Waals surface area contributed by atoms with Gasteiger partial charge in [0.25, 0.3) is 0 Å². The van der Waals surface area contributed by atoms with Crippen LogP contribution in [-0.4, -0.2) is 0 Å². The summed E-state index contributed by atoms with van der Waals surface area (Å²) in [5.74, 6) is 0.924. The fourth-order valence-corrected chi connectivity index (χ4v) is 2.43. The van der Waals surface area contributed by atoms with E-state index in [9.17, 15) is 0 Å². The Kier molecular flexibility index (Phi) is 6.52. The molecule has 0 heterocycles. The number of hydrogen-bond acceptors (Lipinski definition) is 0. The molecular weight excluding hydrogens is 223 g/mol. The van der Waals surface area contributed by atoms with Crippen molar-refractivity contribution in [1.82, 2.24) is 0 Å². The van der Waals surface area contributed by atoms with Gasteiger partial charge in [-0.25, -0.2) is 0 Å². The molecule has 2 rings (SSSR count). The van der Waals surface area contributed by atoms with Gasteiger partial charge in [0.05, 0.1) is 0 Å². The zero-order valence-electron chi connectivity index (χ0n) is 11.4. The molecule has 0 nitrogen and oxygen atoms in total. The molecular formula is C16H25P. The first-order valence-corrected chi connectivity index (χ1v) is 7.37. The van der Waals surface area contributed by atoms with E-state index in [1.165, 1.54) is 36.6 Å². The molecule has 0 amide bonds. The van der Waals surface area contributed by atoms with E-state index in [0.717, 1.165) is 5.92 Å². The Bertz CT molecular complexity index is 356. The summed E-state index contributed by atoms with van der Waals surface area (Å²) in [6.45, 7) is 6.36. The molecule has 1 aromatic rings. The second-order valence-electron chi connectivity index (χ2n) is 4.61. The molecule has 1 atom stereocenters. The molecule has 17 heavy (non-hydrogen) atoms. The summed E-state index contributed by atoms with van der Waals surface area (Å²) in [5, 5.41) is 1.31. The molecule has 1 fully saturated rings. The Balaban J connectivity index is 0.000000686. The highest BCUT2D eigenvalue weighted by molar-refractivity contribution is 7.27. The average molecular weight is 248 g/mol. The van der Waals surface area contributed by atoms with Crippen molar-refractivity contribution < 1.29 is 0 Å². The van der Waals surface area contributed by atoms with Crippen LogP contribution in [0.1, 0.15) is 52.0 Å². The molecule has 0 aromatic heterocycles. The topological polar surface area (TPSA) is 0 Å². The first-order valence-electron chi connectivity index (χ1n) is 6.79. The summed E-state index contributed by atoms with van der Waals surface area (Å²) in [6, 6.07) is 8.56.